The van der Waals surface area contributed by atoms with Gasteiger partial charge in [0, 0.05) is 19.3 Å². The molecule has 0 saturated carbocycles. The highest BCUT2D eigenvalue weighted by molar-refractivity contribution is 5.71. The van der Waals surface area contributed by atoms with E-state index in [4.69, 9.17) is 14.2 Å². The maximum absolute atomic E-state index is 12.7. The van der Waals surface area contributed by atoms with Crippen LogP contribution in [-0.4, -0.2) is 37.2 Å². The Morgan fingerprint density at radius 1 is 0.382 bits per heavy atom. The predicted molar refractivity (Wildman–Crippen MR) is 233 cm³/mol. The second-order valence-corrected chi connectivity index (χ2v) is 15.3. The molecule has 0 rings (SSSR count). The molecular weight excluding hydrogens is 685 g/mol. The van der Waals surface area contributed by atoms with Crippen LogP contribution in [0.3, 0.4) is 0 Å². The number of hydrogen-bond donors (Lipinski definition) is 0. The molecule has 318 valence electrons. The Morgan fingerprint density at radius 2 is 0.727 bits per heavy atom. The summed E-state index contributed by atoms with van der Waals surface area (Å²) in [6, 6.07) is 0. The fraction of sp³-hybridized carbons (Fsp3) is 0.776. The van der Waals surface area contributed by atoms with Gasteiger partial charge in [0.15, 0.2) is 6.10 Å². The summed E-state index contributed by atoms with van der Waals surface area (Å²) in [5.41, 5.74) is 0. The summed E-state index contributed by atoms with van der Waals surface area (Å²) < 4.78 is 16.7. The van der Waals surface area contributed by atoms with Crippen molar-refractivity contribution in [2.45, 2.75) is 232 Å². The van der Waals surface area contributed by atoms with Gasteiger partial charge in [-0.1, -0.05) is 185 Å². The van der Waals surface area contributed by atoms with Crippen molar-refractivity contribution >= 4 is 17.9 Å². The Morgan fingerprint density at radius 3 is 1.22 bits per heavy atom. The second-order valence-electron chi connectivity index (χ2n) is 15.3. The van der Waals surface area contributed by atoms with Crippen molar-refractivity contribution in [3.8, 4) is 0 Å². The number of allylic oxidation sites excluding steroid dienone is 8. The summed E-state index contributed by atoms with van der Waals surface area (Å²) in [7, 11) is 0. The summed E-state index contributed by atoms with van der Waals surface area (Å²) in [6.45, 7) is 6.50. The van der Waals surface area contributed by atoms with E-state index in [1.807, 2.05) is 0 Å². The SMILES string of the molecule is CCCC/C=C\C=C/CCCCCC(=O)OC(COC(=O)CCCCCCCCC/C=C\C/C=C\CCCCC)COC(=O)CCCCCCCCCCC. The third-order valence-corrected chi connectivity index (χ3v) is 9.83. The van der Waals surface area contributed by atoms with Gasteiger partial charge in [-0.3, -0.25) is 14.4 Å². The zero-order chi connectivity index (χ0) is 40.1. The molecule has 0 aliphatic rings. The van der Waals surface area contributed by atoms with Crippen LogP contribution in [0.5, 0.6) is 0 Å². The third kappa shape index (κ3) is 42.4. The van der Waals surface area contributed by atoms with E-state index in [2.05, 4.69) is 69.4 Å². The van der Waals surface area contributed by atoms with Crippen LogP contribution in [0.2, 0.25) is 0 Å². The monoisotopic (exact) mass is 771 g/mol. The highest BCUT2D eigenvalue weighted by Gasteiger charge is 2.19. The minimum atomic E-state index is -0.784. The molecule has 0 radical (unpaired) electrons. The van der Waals surface area contributed by atoms with Gasteiger partial charge in [-0.2, -0.15) is 0 Å². The van der Waals surface area contributed by atoms with Gasteiger partial charge >= 0.3 is 17.9 Å². The van der Waals surface area contributed by atoms with Crippen molar-refractivity contribution in [3.05, 3.63) is 48.6 Å². The largest absolute Gasteiger partial charge is 0.462 e. The van der Waals surface area contributed by atoms with Gasteiger partial charge in [0.2, 0.25) is 0 Å². The Bertz CT molecular complexity index is 980. The van der Waals surface area contributed by atoms with Crippen LogP contribution in [0.25, 0.3) is 0 Å². The highest BCUT2D eigenvalue weighted by atomic mass is 16.6. The van der Waals surface area contributed by atoms with Gasteiger partial charge in [0.1, 0.15) is 13.2 Å². The van der Waals surface area contributed by atoms with Gasteiger partial charge in [-0.15, -0.1) is 0 Å². The molecule has 0 aliphatic carbocycles. The van der Waals surface area contributed by atoms with Crippen molar-refractivity contribution in [2.75, 3.05) is 13.2 Å². The number of hydrogen-bond acceptors (Lipinski definition) is 6. The van der Waals surface area contributed by atoms with Crippen LogP contribution >= 0.6 is 0 Å². The van der Waals surface area contributed by atoms with Gasteiger partial charge in [-0.25, -0.2) is 0 Å². The van der Waals surface area contributed by atoms with E-state index >= 15 is 0 Å². The summed E-state index contributed by atoms with van der Waals surface area (Å²) in [6.07, 6.45) is 50.9. The predicted octanol–water partition coefficient (Wildman–Crippen LogP) is 14.8. The molecule has 0 bridgehead atoms. The highest BCUT2D eigenvalue weighted by Crippen LogP contribution is 2.13. The third-order valence-electron chi connectivity index (χ3n) is 9.83. The fourth-order valence-electron chi connectivity index (χ4n) is 6.27. The number of carbonyl (C=O) groups is 3. The van der Waals surface area contributed by atoms with Crippen LogP contribution < -0.4 is 0 Å². The zero-order valence-corrected chi connectivity index (χ0v) is 36.2. The maximum Gasteiger partial charge on any atom is 0.306 e. The Balaban J connectivity index is 4.35. The summed E-state index contributed by atoms with van der Waals surface area (Å²) in [5.74, 6) is -0.925. The molecule has 0 fully saturated rings. The maximum atomic E-state index is 12.7. The molecule has 55 heavy (non-hydrogen) atoms. The molecule has 0 aromatic heterocycles. The molecule has 6 heteroatoms. The summed E-state index contributed by atoms with van der Waals surface area (Å²) >= 11 is 0. The van der Waals surface area contributed by atoms with Crippen molar-refractivity contribution in [1.82, 2.24) is 0 Å². The van der Waals surface area contributed by atoms with Gasteiger partial charge < -0.3 is 14.2 Å². The lowest BCUT2D eigenvalue weighted by Gasteiger charge is -2.18. The first kappa shape index (κ1) is 52.4. The Labute approximate surface area is 339 Å². The average molecular weight is 771 g/mol. The molecule has 0 saturated heterocycles. The van der Waals surface area contributed by atoms with E-state index in [1.165, 1.54) is 103 Å². The minimum absolute atomic E-state index is 0.0855. The molecule has 0 aliphatic heterocycles. The normalized spacial score (nSPS) is 12.4. The van der Waals surface area contributed by atoms with Crippen molar-refractivity contribution in [2.24, 2.45) is 0 Å². The van der Waals surface area contributed by atoms with Crippen LogP contribution in [0, 0.1) is 0 Å². The zero-order valence-electron chi connectivity index (χ0n) is 36.2. The lowest BCUT2D eigenvalue weighted by molar-refractivity contribution is -0.167. The Hall–Kier alpha value is -2.63. The molecule has 0 amide bonds. The van der Waals surface area contributed by atoms with Crippen molar-refractivity contribution < 1.29 is 28.6 Å². The molecule has 0 N–H and O–H groups in total. The van der Waals surface area contributed by atoms with E-state index in [9.17, 15) is 14.4 Å². The summed E-state index contributed by atoms with van der Waals surface area (Å²) in [5, 5.41) is 0. The number of esters is 3. The first-order chi connectivity index (χ1) is 27.0. The molecule has 1 atom stereocenters. The van der Waals surface area contributed by atoms with Gasteiger partial charge in [0.05, 0.1) is 0 Å². The number of carbonyl (C=O) groups excluding carboxylic acids is 3. The van der Waals surface area contributed by atoms with E-state index < -0.39 is 6.10 Å². The summed E-state index contributed by atoms with van der Waals surface area (Å²) in [4.78, 5) is 37.7. The average Bonchev–Trinajstić information content (AvgIpc) is 3.18. The smallest absolute Gasteiger partial charge is 0.306 e. The quantitative estimate of drug-likeness (QED) is 0.0202. The molecular formula is C49H86O6. The van der Waals surface area contributed by atoms with Crippen LogP contribution in [-0.2, 0) is 28.6 Å². The molecule has 0 aromatic rings. The Kier molecular flexibility index (Phi) is 42.0. The number of rotatable bonds is 41. The molecule has 0 heterocycles. The van der Waals surface area contributed by atoms with Crippen molar-refractivity contribution in [1.29, 1.82) is 0 Å². The van der Waals surface area contributed by atoms with Crippen LogP contribution in [0.1, 0.15) is 226 Å². The lowest BCUT2D eigenvalue weighted by Crippen LogP contribution is -2.30. The van der Waals surface area contributed by atoms with Crippen molar-refractivity contribution in [3.63, 3.8) is 0 Å². The van der Waals surface area contributed by atoms with E-state index in [0.29, 0.717) is 19.3 Å². The van der Waals surface area contributed by atoms with E-state index in [1.54, 1.807) is 0 Å². The molecule has 0 spiro atoms. The standard InChI is InChI=1S/C49H86O6/c1-4-7-10-13-16-19-21-22-23-24-25-26-28-30-33-36-39-42-48(51)54-45-46(44-53-47(50)41-38-35-32-29-18-15-12-9-6-3)55-49(52)43-40-37-34-31-27-20-17-14-11-8-5-2/h14,16-17,19-20,22-23,27,46H,4-13,15,18,21,24-26,28-45H2,1-3H3/b17-14-,19-16-,23-22-,27-20-. The van der Waals surface area contributed by atoms with Gasteiger partial charge in [0.25, 0.3) is 0 Å². The molecule has 6 nitrogen and oxygen atoms in total. The fourth-order valence-corrected chi connectivity index (χ4v) is 6.27. The second kappa shape index (κ2) is 44.1. The first-order valence-corrected chi connectivity index (χ1v) is 23.2. The molecule has 0 aromatic carbocycles. The minimum Gasteiger partial charge on any atom is -0.462 e. The number of ether oxygens (including phenoxy) is 3. The van der Waals surface area contributed by atoms with Gasteiger partial charge in [-0.05, 0) is 70.6 Å². The number of unbranched alkanes of at least 4 members (excludes halogenated alkanes) is 23. The van der Waals surface area contributed by atoms with Crippen LogP contribution in [0.4, 0.5) is 0 Å². The first-order valence-electron chi connectivity index (χ1n) is 23.2. The lowest BCUT2D eigenvalue weighted by atomic mass is 10.1. The topological polar surface area (TPSA) is 78.9 Å². The van der Waals surface area contributed by atoms with Crippen LogP contribution in [0.15, 0.2) is 48.6 Å². The van der Waals surface area contributed by atoms with E-state index in [0.717, 1.165) is 83.5 Å². The molecule has 1 unspecified atom stereocenters. The van der Waals surface area contributed by atoms with E-state index in [-0.39, 0.29) is 31.1 Å².